The van der Waals surface area contributed by atoms with Crippen molar-refractivity contribution in [1.82, 2.24) is 24.1 Å². The van der Waals surface area contributed by atoms with Crippen molar-refractivity contribution in [3.8, 4) is 28.4 Å². The fourth-order valence-electron chi connectivity index (χ4n) is 3.95. The predicted octanol–water partition coefficient (Wildman–Crippen LogP) is 3.84. The summed E-state index contributed by atoms with van der Waals surface area (Å²) in [5.74, 6) is -2.24. The van der Waals surface area contributed by atoms with Crippen LogP contribution in [0.1, 0.15) is 16.1 Å². The van der Waals surface area contributed by atoms with Gasteiger partial charge in [-0.15, -0.1) is 0 Å². The van der Waals surface area contributed by atoms with E-state index in [9.17, 15) is 18.8 Å². The number of aryl methyl sites for hydroxylation is 1. The van der Waals surface area contributed by atoms with Gasteiger partial charge in [0.15, 0.2) is 11.6 Å². The van der Waals surface area contributed by atoms with Gasteiger partial charge in [-0.3, -0.25) is 14.6 Å². The lowest BCUT2D eigenvalue weighted by Crippen LogP contribution is -2.38. The number of carbonyl (C=O) groups is 1. The molecule has 0 bridgehead atoms. The molecule has 0 saturated carbocycles. The molecule has 5 aromatic rings. The van der Waals surface area contributed by atoms with E-state index in [0.717, 1.165) is 30.6 Å². The van der Waals surface area contributed by atoms with Gasteiger partial charge in [0.2, 0.25) is 0 Å². The molecule has 41 heavy (non-hydrogen) atoms. The molecule has 0 aliphatic rings. The zero-order valence-corrected chi connectivity index (χ0v) is 21.4. The molecule has 1 amide bonds. The molecular weight excluding hydrogens is 536 g/mol. The number of pyridine rings is 1. The van der Waals surface area contributed by atoms with Crippen molar-refractivity contribution in [2.75, 3.05) is 5.32 Å². The zero-order chi connectivity index (χ0) is 29.1. The first kappa shape index (κ1) is 26.9. The zero-order valence-electron chi connectivity index (χ0n) is 21.4. The first-order valence-electron chi connectivity index (χ1n) is 12.1. The number of halogens is 2. The van der Waals surface area contributed by atoms with E-state index in [2.05, 4.69) is 20.3 Å². The minimum Gasteiger partial charge on any atom is -0.452 e. The minimum atomic E-state index is -0.947. The van der Waals surface area contributed by atoms with Crippen LogP contribution in [0, 0.1) is 17.0 Å². The maximum absolute atomic E-state index is 15.1. The molecule has 0 radical (unpaired) electrons. The number of amides is 1. The molecule has 5 rings (SSSR count). The number of anilines is 1. The number of benzene rings is 2. The van der Waals surface area contributed by atoms with Crippen LogP contribution in [0.2, 0.25) is 0 Å². The van der Waals surface area contributed by atoms with E-state index in [1.54, 1.807) is 29.4 Å². The van der Waals surface area contributed by atoms with E-state index in [0.29, 0.717) is 21.5 Å². The number of hydrogen-bond donors (Lipinski definition) is 3. The Labute approximate surface area is 230 Å². The highest BCUT2D eigenvalue weighted by atomic mass is 19.1. The van der Waals surface area contributed by atoms with E-state index in [1.807, 2.05) is 7.05 Å². The number of nitrogens with zero attached hydrogens (tertiary/aromatic N) is 4. The number of imidazole rings is 1. The third-order valence-electron chi connectivity index (χ3n) is 5.94. The number of carbonyl (C=O) groups excluding carboxylic acids is 1. The van der Waals surface area contributed by atoms with Gasteiger partial charge in [-0.1, -0.05) is 0 Å². The van der Waals surface area contributed by atoms with E-state index in [4.69, 9.17) is 10.1 Å². The Morgan fingerprint density at radius 2 is 1.88 bits per heavy atom. The Balaban J connectivity index is 1.39. The predicted molar refractivity (Wildman–Crippen MR) is 146 cm³/mol. The second-order valence-electron chi connectivity index (χ2n) is 8.83. The maximum atomic E-state index is 15.1. The van der Waals surface area contributed by atoms with Crippen molar-refractivity contribution >= 4 is 17.8 Å². The Morgan fingerprint density at radius 3 is 2.56 bits per heavy atom. The molecule has 0 saturated heterocycles. The van der Waals surface area contributed by atoms with Crippen LogP contribution in [-0.4, -0.2) is 36.2 Å². The lowest BCUT2D eigenvalue weighted by Gasteiger charge is -2.13. The maximum Gasteiger partial charge on any atom is 0.333 e. The summed E-state index contributed by atoms with van der Waals surface area (Å²) in [6.45, 7) is 0. The quantitative estimate of drug-likeness (QED) is 0.247. The molecule has 0 aliphatic heterocycles. The van der Waals surface area contributed by atoms with Crippen LogP contribution in [0.3, 0.4) is 0 Å². The second kappa shape index (κ2) is 11.2. The number of hydrogen-bond acceptors (Lipinski definition) is 7. The van der Waals surface area contributed by atoms with Crippen molar-refractivity contribution in [1.29, 1.82) is 5.41 Å². The van der Waals surface area contributed by atoms with E-state index >= 15 is 4.39 Å². The Hall–Kier alpha value is -5.72. The summed E-state index contributed by atoms with van der Waals surface area (Å²) in [7, 11) is 1.82. The SMILES string of the molecule is Cn1cnc(-c2cnc(CC=N)c(Oc3ccc(NC(=O)c4c[nH]c(=O)n(-c5ccc(F)cc5)c4=O)cc3F)c2)c1. The van der Waals surface area contributed by atoms with E-state index in [-0.39, 0.29) is 29.3 Å². The molecule has 206 valence electrons. The average molecular weight is 558 g/mol. The number of H-pyrrole nitrogens is 1. The Kier molecular flexibility index (Phi) is 7.33. The standard InChI is InChI=1S/C28H21F2N7O4/c1-36-14-23(34-15-36)16-10-25(22(8-9-31)32-12-16)41-24-7-4-18(11-21(24)30)35-26(38)20-13-33-28(40)37(27(20)39)19-5-2-17(29)3-6-19/h2-7,9-15,31H,8H2,1H3,(H,33,40)(H,35,38). The van der Waals surface area contributed by atoms with Gasteiger partial charge in [0, 0.05) is 55.6 Å². The van der Waals surface area contributed by atoms with Gasteiger partial charge in [0.05, 0.1) is 23.4 Å². The largest absolute Gasteiger partial charge is 0.452 e. The first-order valence-corrected chi connectivity index (χ1v) is 12.1. The Morgan fingerprint density at radius 1 is 1.10 bits per heavy atom. The number of nitrogens with one attached hydrogen (secondary N) is 3. The van der Waals surface area contributed by atoms with Crippen LogP contribution in [0.4, 0.5) is 14.5 Å². The van der Waals surface area contributed by atoms with Gasteiger partial charge in [-0.05, 0) is 42.5 Å². The molecule has 2 aromatic carbocycles. The molecule has 3 heterocycles. The lowest BCUT2D eigenvalue weighted by atomic mass is 10.1. The summed E-state index contributed by atoms with van der Waals surface area (Å²) in [5.41, 5.74) is -0.457. The van der Waals surface area contributed by atoms with Gasteiger partial charge in [0.1, 0.15) is 17.1 Å². The van der Waals surface area contributed by atoms with Crippen LogP contribution < -0.4 is 21.3 Å². The first-order chi connectivity index (χ1) is 19.7. The summed E-state index contributed by atoms with van der Waals surface area (Å²) in [6, 6.07) is 9.88. The van der Waals surface area contributed by atoms with E-state index in [1.165, 1.54) is 24.3 Å². The minimum absolute atomic E-state index is 0.0128. The highest BCUT2D eigenvalue weighted by molar-refractivity contribution is 6.03. The smallest absolute Gasteiger partial charge is 0.333 e. The van der Waals surface area contributed by atoms with Crippen molar-refractivity contribution in [3.63, 3.8) is 0 Å². The van der Waals surface area contributed by atoms with Gasteiger partial charge in [0.25, 0.3) is 11.5 Å². The molecule has 0 atom stereocenters. The molecule has 0 aliphatic carbocycles. The second-order valence-corrected chi connectivity index (χ2v) is 8.83. The Bertz CT molecular complexity index is 1900. The number of rotatable bonds is 8. The number of aromatic nitrogens is 5. The number of aromatic amines is 1. The third-order valence-corrected chi connectivity index (χ3v) is 5.94. The molecule has 0 fully saturated rings. The molecular formula is C28H21F2N7O4. The molecule has 3 aromatic heterocycles. The molecule has 3 N–H and O–H groups in total. The van der Waals surface area contributed by atoms with Crippen molar-refractivity contribution < 1.29 is 18.3 Å². The monoisotopic (exact) mass is 557 g/mol. The van der Waals surface area contributed by atoms with Gasteiger partial charge >= 0.3 is 5.69 Å². The summed E-state index contributed by atoms with van der Waals surface area (Å²) in [5, 5.41) is 9.85. The van der Waals surface area contributed by atoms with Crippen LogP contribution in [0.15, 0.2) is 83.0 Å². The summed E-state index contributed by atoms with van der Waals surface area (Å²) in [6.07, 6.45) is 7.24. The van der Waals surface area contributed by atoms with Crippen molar-refractivity contribution in [2.45, 2.75) is 6.42 Å². The summed E-state index contributed by atoms with van der Waals surface area (Å²) >= 11 is 0. The van der Waals surface area contributed by atoms with Gasteiger partial charge < -0.3 is 25.0 Å². The summed E-state index contributed by atoms with van der Waals surface area (Å²) < 4.78 is 36.6. The lowest BCUT2D eigenvalue weighted by molar-refractivity contribution is 0.102. The average Bonchev–Trinajstić information content (AvgIpc) is 3.38. The number of ether oxygens (including phenoxy) is 1. The highest BCUT2D eigenvalue weighted by Crippen LogP contribution is 2.31. The van der Waals surface area contributed by atoms with E-state index < -0.39 is 34.4 Å². The fourth-order valence-corrected chi connectivity index (χ4v) is 3.95. The van der Waals surface area contributed by atoms with Crippen LogP contribution in [0.25, 0.3) is 16.9 Å². The topological polar surface area (TPSA) is 148 Å². The van der Waals surface area contributed by atoms with Crippen LogP contribution in [-0.2, 0) is 13.5 Å². The van der Waals surface area contributed by atoms with Crippen LogP contribution >= 0.6 is 0 Å². The van der Waals surface area contributed by atoms with Gasteiger partial charge in [-0.25, -0.2) is 23.1 Å². The van der Waals surface area contributed by atoms with Crippen molar-refractivity contribution in [2.24, 2.45) is 7.05 Å². The highest BCUT2D eigenvalue weighted by Gasteiger charge is 2.18. The molecule has 0 spiro atoms. The van der Waals surface area contributed by atoms with Gasteiger partial charge in [-0.2, -0.15) is 0 Å². The molecule has 13 heteroatoms. The molecule has 11 nitrogen and oxygen atoms in total. The fraction of sp³-hybridized carbons (Fsp3) is 0.0714. The normalized spacial score (nSPS) is 10.8. The summed E-state index contributed by atoms with van der Waals surface area (Å²) in [4.78, 5) is 49.0. The van der Waals surface area contributed by atoms with Crippen LogP contribution in [0.5, 0.6) is 11.5 Å². The third kappa shape index (κ3) is 5.68. The molecule has 0 unspecified atom stereocenters. The van der Waals surface area contributed by atoms with Crippen molar-refractivity contribution in [3.05, 3.63) is 117 Å².